The number of benzene rings is 3. The topological polar surface area (TPSA) is 35.6 Å². The van der Waals surface area contributed by atoms with Crippen LogP contribution in [0.5, 0.6) is 5.75 Å². The molecule has 0 atom stereocenters. The molecule has 0 fully saturated rings. The molecule has 0 saturated carbocycles. The molecular formula is C25H20N2O2. The highest BCUT2D eigenvalue weighted by Crippen LogP contribution is 2.24. The minimum Gasteiger partial charge on any atom is -0.489 e. The van der Waals surface area contributed by atoms with E-state index in [0.717, 1.165) is 27.9 Å². The van der Waals surface area contributed by atoms with Crippen molar-refractivity contribution in [1.29, 1.82) is 0 Å². The summed E-state index contributed by atoms with van der Waals surface area (Å²) in [6.45, 7) is 2.54. The number of ether oxygens (including phenoxy) is 1. The third kappa shape index (κ3) is 3.19. The Bertz CT molecular complexity index is 1360. The second-order valence-electron chi connectivity index (χ2n) is 7.20. The molecule has 0 spiro atoms. The minimum absolute atomic E-state index is 0.0423. The van der Waals surface area contributed by atoms with Gasteiger partial charge in [-0.2, -0.15) is 0 Å². The number of hydrogen-bond acceptors (Lipinski definition) is 2. The number of fused-ring (bicyclic) bond motifs is 3. The molecule has 142 valence electrons. The van der Waals surface area contributed by atoms with Crippen LogP contribution in [0.15, 0.2) is 96.1 Å². The van der Waals surface area contributed by atoms with Crippen molar-refractivity contribution in [3.63, 3.8) is 0 Å². The van der Waals surface area contributed by atoms with Crippen LogP contribution in [0.2, 0.25) is 0 Å². The number of aryl methyl sites for hydroxylation is 1. The van der Waals surface area contributed by atoms with Crippen molar-refractivity contribution in [2.75, 3.05) is 0 Å². The molecule has 0 bridgehead atoms. The first-order valence-electron chi connectivity index (χ1n) is 9.59. The maximum absolute atomic E-state index is 13.1. The van der Waals surface area contributed by atoms with E-state index in [-0.39, 0.29) is 5.56 Å². The van der Waals surface area contributed by atoms with E-state index < -0.39 is 0 Å². The lowest BCUT2D eigenvalue weighted by Crippen LogP contribution is -2.19. The Balaban J connectivity index is 1.54. The molecule has 2 aromatic heterocycles. The van der Waals surface area contributed by atoms with Gasteiger partial charge < -0.3 is 9.14 Å². The normalized spacial score (nSPS) is 11.2. The van der Waals surface area contributed by atoms with Crippen LogP contribution in [-0.2, 0) is 6.61 Å². The molecule has 4 heteroatoms. The summed E-state index contributed by atoms with van der Waals surface area (Å²) in [5.41, 5.74) is 4.70. The van der Waals surface area contributed by atoms with Crippen molar-refractivity contribution in [3.8, 4) is 11.4 Å². The van der Waals surface area contributed by atoms with E-state index in [0.29, 0.717) is 12.1 Å². The summed E-state index contributed by atoms with van der Waals surface area (Å²) < 4.78 is 9.57. The monoisotopic (exact) mass is 380 g/mol. The molecule has 5 aromatic rings. The fraction of sp³-hybridized carbons (Fsp3) is 0.0800. The van der Waals surface area contributed by atoms with Crippen molar-refractivity contribution in [2.24, 2.45) is 0 Å². The predicted octanol–water partition coefficient (Wildman–Crippen LogP) is 5.13. The smallest absolute Gasteiger partial charge is 0.279 e. The number of aromatic nitrogens is 2. The largest absolute Gasteiger partial charge is 0.489 e. The first kappa shape index (κ1) is 17.3. The van der Waals surface area contributed by atoms with Crippen molar-refractivity contribution in [2.45, 2.75) is 13.5 Å². The van der Waals surface area contributed by atoms with Crippen LogP contribution in [0, 0.1) is 6.92 Å². The molecule has 4 nitrogen and oxygen atoms in total. The van der Waals surface area contributed by atoms with Crippen molar-refractivity contribution >= 4 is 16.4 Å². The van der Waals surface area contributed by atoms with Crippen LogP contribution in [-0.4, -0.2) is 8.97 Å². The van der Waals surface area contributed by atoms with Gasteiger partial charge in [-0.1, -0.05) is 48.0 Å². The van der Waals surface area contributed by atoms with Crippen LogP contribution in [0.25, 0.3) is 22.1 Å². The van der Waals surface area contributed by atoms with Gasteiger partial charge in [0.2, 0.25) is 0 Å². The lowest BCUT2D eigenvalue weighted by Gasteiger charge is -2.08. The Morgan fingerprint density at radius 2 is 1.62 bits per heavy atom. The molecule has 0 saturated heterocycles. The molecule has 5 rings (SSSR count). The Labute approximate surface area is 168 Å². The molecule has 0 aliphatic heterocycles. The van der Waals surface area contributed by atoms with E-state index in [1.165, 1.54) is 5.56 Å². The first-order valence-corrected chi connectivity index (χ1v) is 9.59. The Morgan fingerprint density at radius 3 is 2.41 bits per heavy atom. The van der Waals surface area contributed by atoms with Crippen LogP contribution in [0.4, 0.5) is 0 Å². The zero-order valence-corrected chi connectivity index (χ0v) is 16.1. The van der Waals surface area contributed by atoms with Crippen LogP contribution >= 0.6 is 0 Å². The Kier molecular flexibility index (Phi) is 4.17. The van der Waals surface area contributed by atoms with Gasteiger partial charge in [-0.15, -0.1) is 0 Å². The van der Waals surface area contributed by atoms with Gasteiger partial charge in [-0.05, 0) is 42.8 Å². The quantitative estimate of drug-likeness (QED) is 0.433. The zero-order chi connectivity index (χ0) is 19.8. The third-order valence-electron chi connectivity index (χ3n) is 5.18. The average molecular weight is 380 g/mol. The van der Waals surface area contributed by atoms with E-state index in [4.69, 9.17) is 4.74 Å². The molecule has 3 aromatic carbocycles. The molecule has 0 N–H and O–H groups in total. The highest BCUT2D eigenvalue weighted by atomic mass is 16.5. The molecule has 0 unspecified atom stereocenters. The second kappa shape index (κ2) is 6.99. The van der Waals surface area contributed by atoms with Crippen LogP contribution in [0.1, 0.15) is 11.1 Å². The van der Waals surface area contributed by atoms with E-state index in [1.54, 1.807) is 4.57 Å². The van der Waals surface area contributed by atoms with Crippen molar-refractivity contribution < 1.29 is 4.74 Å². The first-order chi connectivity index (χ1) is 14.2. The molecule has 29 heavy (non-hydrogen) atoms. The number of hydrogen-bond donors (Lipinski definition) is 0. The van der Waals surface area contributed by atoms with Gasteiger partial charge in [0.25, 0.3) is 5.56 Å². The molecule has 0 aliphatic rings. The van der Waals surface area contributed by atoms with E-state index >= 15 is 0 Å². The highest BCUT2D eigenvalue weighted by molar-refractivity contribution is 5.88. The van der Waals surface area contributed by atoms with Gasteiger partial charge in [-0.3, -0.25) is 9.36 Å². The van der Waals surface area contributed by atoms with E-state index in [1.807, 2.05) is 103 Å². The zero-order valence-electron chi connectivity index (χ0n) is 16.1. The van der Waals surface area contributed by atoms with Gasteiger partial charge in [0.15, 0.2) is 0 Å². The molecular weight excluding hydrogens is 360 g/mol. The van der Waals surface area contributed by atoms with Gasteiger partial charge >= 0.3 is 0 Å². The summed E-state index contributed by atoms with van der Waals surface area (Å²) in [7, 11) is 0. The summed E-state index contributed by atoms with van der Waals surface area (Å²) in [6, 6.07) is 25.9. The summed E-state index contributed by atoms with van der Waals surface area (Å²) in [5.74, 6) is 0.782. The second-order valence-corrected chi connectivity index (χ2v) is 7.20. The fourth-order valence-electron chi connectivity index (χ4n) is 3.59. The van der Waals surface area contributed by atoms with Gasteiger partial charge in [0.05, 0.1) is 5.52 Å². The van der Waals surface area contributed by atoms with Gasteiger partial charge in [-0.25, -0.2) is 0 Å². The predicted molar refractivity (Wildman–Crippen MR) is 116 cm³/mol. The molecule has 0 aliphatic carbocycles. The average Bonchev–Trinajstić information content (AvgIpc) is 3.13. The lowest BCUT2D eigenvalue weighted by molar-refractivity contribution is 0.306. The fourth-order valence-corrected chi connectivity index (χ4v) is 3.59. The minimum atomic E-state index is -0.0423. The molecule has 0 amide bonds. The van der Waals surface area contributed by atoms with Crippen molar-refractivity contribution in [3.05, 3.63) is 113 Å². The number of rotatable bonds is 4. The third-order valence-corrected chi connectivity index (χ3v) is 5.18. The van der Waals surface area contributed by atoms with Gasteiger partial charge in [0.1, 0.15) is 17.9 Å². The van der Waals surface area contributed by atoms with E-state index in [9.17, 15) is 4.79 Å². The van der Waals surface area contributed by atoms with Gasteiger partial charge in [0, 0.05) is 29.5 Å². The Hall–Kier alpha value is -3.79. The number of nitrogens with zero attached hydrogens (tertiary/aromatic N) is 2. The Morgan fingerprint density at radius 1 is 0.828 bits per heavy atom. The summed E-state index contributed by atoms with van der Waals surface area (Å²) >= 11 is 0. The summed E-state index contributed by atoms with van der Waals surface area (Å²) in [6.07, 6.45) is 3.75. The maximum Gasteiger partial charge on any atom is 0.279 e. The molecule has 2 heterocycles. The molecule has 0 radical (unpaired) electrons. The SMILES string of the molecule is Cc1ccc(-n2ccn3c(cc4ccc(OCc5ccccc5)cc43)c2=O)cc1. The highest BCUT2D eigenvalue weighted by Gasteiger charge is 2.10. The lowest BCUT2D eigenvalue weighted by atomic mass is 10.2. The van der Waals surface area contributed by atoms with Crippen LogP contribution < -0.4 is 10.3 Å². The summed E-state index contributed by atoms with van der Waals surface area (Å²) in [5, 5.41) is 1.01. The standard InChI is InChI=1S/C25H20N2O2/c1-18-7-10-21(11-8-18)26-13-14-27-23-16-22(29-17-19-5-3-2-4-6-19)12-9-20(23)15-24(27)25(26)28/h2-16H,17H2,1H3. The summed E-state index contributed by atoms with van der Waals surface area (Å²) in [4.78, 5) is 13.1. The van der Waals surface area contributed by atoms with Crippen molar-refractivity contribution in [1.82, 2.24) is 8.97 Å². The van der Waals surface area contributed by atoms with Crippen LogP contribution in [0.3, 0.4) is 0 Å². The maximum atomic E-state index is 13.1. The van der Waals surface area contributed by atoms with E-state index in [2.05, 4.69) is 0 Å².